The van der Waals surface area contributed by atoms with Crippen LogP contribution in [0.1, 0.15) is 39.0 Å². The van der Waals surface area contributed by atoms with Crippen LogP contribution in [-0.4, -0.2) is 24.8 Å². The second kappa shape index (κ2) is 6.38. The third-order valence-electron chi connectivity index (χ3n) is 4.35. The molecule has 3 heteroatoms. The number of anilines is 1. The maximum Gasteiger partial charge on any atom is 0.123 e. The van der Waals surface area contributed by atoms with Gasteiger partial charge in [0, 0.05) is 24.2 Å². The Labute approximate surface area is 115 Å². The first-order valence-electron chi connectivity index (χ1n) is 7.30. The fourth-order valence-electron chi connectivity index (χ4n) is 3.11. The van der Waals surface area contributed by atoms with Crippen molar-refractivity contribution in [3.05, 3.63) is 30.1 Å². The van der Waals surface area contributed by atoms with Gasteiger partial charge < -0.3 is 10.0 Å². The van der Waals surface area contributed by atoms with E-state index >= 15 is 0 Å². The van der Waals surface area contributed by atoms with E-state index in [-0.39, 0.29) is 17.8 Å². The summed E-state index contributed by atoms with van der Waals surface area (Å²) < 4.78 is 13.0. The van der Waals surface area contributed by atoms with Gasteiger partial charge in [-0.05, 0) is 44.0 Å². The summed E-state index contributed by atoms with van der Waals surface area (Å²) in [6.45, 7) is 4.11. The van der Waals surface area contributed by atoms with E-state index in [0.29, 0.717) is 0 Å². The zero-order chi connectivity index (χ0) is 13.7. The van der Waals surface area contributed by atoms with Gasteiger partial charge in [0.1, 0.15) is 5.82 Å². The van der Waals surface area contributed by atoms with E-state index in [1.165, 1.54) is 31.4 Å². The van der Waals surface area contributed by atoms with Gasteiger partial charge in [0.15, 0.2) is 0 Å². The molecule has 1 aromatic carbocycles. The Bertz CT molecular complexity index is 384. The molecule has 0 aliphatic heterocycles. The van der Waals surface area contributed by atoms with Crippen molar-refractivity contribution in [2.45, 2.75) is 39.0 Å². The van der Waals surface area contributed by atoms with E-state index < -0.39 is 0 Å². The molecule has 0 saturated heterocycles. The van der Waals surface area contributed by atoms with E-state index in [9.17, 15) is 9.50 Å². The molecule has 1 saturated carbocycles. The maximum absolute atomic E-state index is 13.0. The van der Waals surface area contributed by atoms with Crippen LogP contribution in [0.15, 0.2) is 24.3 Å². The number of nitrogens with zero attached hydrogens (tertiary/aromatic N) is 1. The van der Waals surface area contributed by atoms with E-state index in [1.807, 2.05) is 12.1 Å². The third-order valence-corrected chi connectivity index (χ3v) is 4.35. The number of halogens is 1. The van der Waals surface area contributed by atoms with E-state index in [2.05, 4.69) is 11.8 Å². The molecule has 1 aromatic rings. The van der Waals surface area contributed by atoms with Crippen molar-refractivity contribution in [3.8, 4) is 0 Å². The summed E-state index contributed by atoms with van der Waals surface area (Å²) >= 11 is 0. The molecule has 2 rings (SSSR count). The molecule has 1 fully saturated rings. The van der Waals surface area contributed by atoms with E-state index in [1.54, 1.807) is 0 Å². The predicted molar refractivity (Wildman–Crippen MR) is 76.9 cm³/mol. The van der Waals surface area contributed by atoms with Crippen molar-refractivity contribution in [2.75, 3.05) is 24.6 Å². The summed E-state index contributed by atoms with van der Waals surface area (Å²) in [5, 5.41) is 9.79. The average Bonchev–Trinajstić information content (AvgIpc) is 2.47. The summed E-state index contributed by atoms with van der Waals surface area (Å²) in [7, 11) is 0. The quantitative estimate of drug-likeness (QED) is 0.879. The fraction of sp³-hybridized carbons (Fsp3) is 0.625. The summed E-state index contributed by atoms with van der Waals surface area (Å²) in [4.78, 5) is 2.25. The molecular weight excluding hydrogens is 241 g/mol. The van der Waals surface area contributed by atoms with Crippen LogP contribution in [0.4, 0.5) is 10.1 Å². The molecule has 2 nitrogen and oxygen atoms in total. The van der Waals surface area contributed by atoms with Crippen molar-refractivity contribution in [1.82, 2.24) is 0 Å². The molecule has 0 radical (unpaired) electrons. The molecule has 1 aliphatic carbocycles. The Morgan fingerprint density at radius 1 is 1.16 bits per heavy atom. The van der Waals surface area contributed by atoms with Gasteiger partial charge in [-0.15, -0.1) is 0 Å². The highest BCUT2D eigenvalue weighted by molar-refractivity contribution is 5.46. The van der Waals surface area contributed by atoms with Crippen molar-refractivity contribution >= 4 is 5.69 Å². The van der Waals surface area contributed by atoms with Crippen LogP contribution in [-0.2, 0) is 0 Å². The summed E-state index contributed by atoms with van der Waals surface area (Å²) in [5.74, 6) is -0.200. The van der Waals surface area contributed by atoms with Gasteiger partial charge in [-0.2, -0.15) is 0 Å². The van der Waals surface area contributed by atoms with Crippen LogP contribution >= 0.6 is 0 Å². The lowest BCUT2D eigenvalue weighted by Gasteiger charge is -2.40. The molecule has 0 spiro atoms. The van der Waals surface area contributed by atoms with Gasteiger partial charge in [-0.1, -0.05) is 19.3 Å². The molecule has 0 amide bonds. The predicted octanol–water partition coefficient (Wildman–Crippen LogP) is 3.59. The summed E-state index contributed by atoms with van der Waals surface area (Å²) in [6, 6.07) is 6.66. The lowest BCUT2D eigenvalue weighted by atomic mass is 9.74. The van der Waals surface area contributed by atoms with Crippen LogP contribution < -0.4 is 4.90 Å². The third kappa shape index (κ3) is 3.47. The summed E-state index contributed by atoms with van der Waals surface area (Å²) in [5.41, 5.74) is 1.07. The second-order valence-corrected chi connectivity index (χ2v) is 5.71. The zero-order valence-corrected chi connectivity index (χ0v) is 11.7. The van der Waals surface area contributed by atoms with Crippen LogP contribution in [0.25, 0.3) is 0 Å². The Balaban J connectivity index is 2.11. The molecule has 0 atom stereocenters. The minimum Gasteiger partial charge on any atom is -0.396 e. The average molecular weight is 265 g/mol. The normalized spacial score (nSPS) is 18.3. The smallest absolute Gasteiger partial charge is 0.123 e. The Morgan fingerprint density at radius 2 is 1.79 bits per heavy atom. The second-order valence-electron chi connectivity index (χ2n) is 5.71. The monoisotopic (exact) mass is 265 g/mol. The van der Waals surface area contributed by atoms with Gasteiger partial charge in [0.2, 0.25) is 0 Å². The molecule has 1 N–H and O–H groups in total. The number of aliphatic hydroxyl groups excluding tert-OH is 1. The molecule has 0 bridgehead atoms. The van der Waals surface area contributed by atoms with Gasteiger partial charge in [0.25, 0.3) is 0 Å². The van der Waals surface area contributed by atoms with Gasteiger partial charge in [-0.25, -0.2) is 4.39 Å². The molecule has 0 heterocycles. The van der Waals surface area contributed by atoms with Crippen molar-refractivity contribution in [2.24, 2.45) is 5.41 Å². The van der Waals surface area contributed by atoms with Crippen LogP contribution in [0.5, 0.6) is 0 Å². The van der Waals surface area contributed by atoms with Crippen molar-refractivity contribution in [3.63, 3.8) is 0 Å². The van der Waals surface area contributed by atoms with Gasteiger partial charge >= 0.3 is 0 Å². The number of hydrogen-bond donors (Lipinski definition) is 1. The number of hydrogen-bond acceptors (Lipinski definition) is 2. The number of benzene rings is 1. The summed E-state index contributed by atoms with van der Waals surface area (Å²) in [6.07, 6.45) is 5.90. The first-order valence-corrected chi connectivity index (χ1v) is 7.30. The van der Waals surface area contributed by atoms with Gasteiger partial charge in [-0.3, -0.25) is 0 Å². The highest BCUT2D eigenvalue weighted by atomic mass is 19.1. The first-order chi connectivity index (χ1) is 9.19. The van der Waals surface area contributed by atoms with Gasteiger partial charge in [0.05, 0.1) is 6.61 Å². The Hall–Kier alpha value is -1.09. The molecule has 0 aromatic heterocycles. The van der Waals surface area contributed by atoms with E-state index in [0.717, 1.165) is 31.6 Å². The fourth-order valence-corrected chi connectivity index (χ4v) is 3.11. The Morgan fingerprint density at radius 3 is 2.32 bits per heavy atom. The van der Waals surface area contributed by atoms with Crippen molar-refractivity contribution in [1.29, 1.82) is 0 Å². The zero-order valence-electron chi connectivity index (χ0n) is 11.7. The SMILES string of the molecule is CCN(CC1(CO)CCCCC1)c1ccc(F)cc1. The van der Waals surface area contributed by atoms with Crippen molar-refractivity contribution < 1.29 is 9.50 Å². The first kappa shape index (κ1) is 14.3. The lowest BCUT2D eigenvalue weighted by Crippen LogP contribution is -2.41. The molecule has 19 heavy (non-hydrogen) atoms. The van der Waals surface area contributed by atoms with Crippen LogP contribution in [0.2, 0.25) is 0 Å². The van der Waals surface area contributed by atoms with Crippen LogP contribution in [0.3, 0.4) is 0 Å². The molecule has 1 aliphatic rings. The molecular formula is C16H24FNO. The number of rotatable bonds is 5. The van der Waals surface area contributed by atoms with Crippen LogP contribution in [0, 0.1) is 11.2 Å². The maximum atomic E-state index is 13.0. The highest BCUT2D eigenvalue weighted by Crippen LogP contribution is 2.37. The topological polar surface area (TPSA) is 23.5 Å². The number of aliphatic hydroxyl groups is 1. The molecule has 106 valence electrons. The molecule has 0 unspecified atom stereocenters. The highest BCUT2D eigenvalue weighted by Gasteiger charge is 2.33. The minimum atomic E-state index is -0.200. The Kier molecular flexibility index (Phi) is 4.81. The largest absolute Gasteiger partial charge is 0.396 e. The van der Waals surface area contributed by atoms with E-state index in [4.69, 9.17) is 0 Å². The lowest BCUT2D eigenvalue weighted by molar-refractivity contribution is 0.0882. The standard InChI is InChI=1S/C16H24FNO/c1-2-18(15-8-6-14(17)7-9-15)12-16(13-19)10-4-3-5-11-16/h6-9,19H,2-5,10-13H2,1H3. The minimum absolute atomic E-state index is 0.0304.